The molecule has 1 saturated heterocycles. The van der Waals surface area contributed by atoms with Crippen LogP contribution in [0, 0.1) is 5.92 Å². The maximum absolute atomic E-state index is 2.65. The van der Waals surface area contributed by atoms with Gasteiger partial charge >= 0.3 is 0 Å². The fourth-order valence-electron chi connectivity index (χ4n) is 3.62. The molecule has 1 heterocycles. The molecule has 1 aliphatic rings. The molecule has 0 saturated carbocycles. The summed E-state index contributed by atoms with van der Waals surface area (Å²) in [5.41, 5.74) is 4.04. The number of piperazine rings is 1. The number of hydrogen-bond acceptors (Lipinski definition) is 2. The van der Waals surface area contributed by atoms with Crippen LogP contribution < -0.4 is 0 Å². The van der Waals surface area contributed by atoms with E-state index in [1.54, 1.807) is 0 Å². The second-order valence-corrected chi connectivity index (χ2v) is 7.02. The SMILES string of the molecule is CC(C)C(c1ccc(-c2ccccc2)cc1)N1CCN(C)CC1. The van der Waals surface area contributed by atoms with Crippen LogP contribution in [0.2, 0.25) is 0 Å². The van der Waals surface area contributed by atoms with E-state index in [2.05, 4.69) is 85.3 Å². The molecule has 2 heteroatoms. The standard InChI is InChI=1S/C21H28N2/c1-17(2)21(23-15-13-22(3)14-16-23)20-11-9-19(10-12-20)18-7-5-4-6-8-18/h4-12,17,21H,13-16H2,1-3H3. The van der Waals surface area contributed by atoms with E-state index in [9.17, 15) is 0 Å². The van der Waals surface area contributed by atoms with Gasteiger partial charge in [0.05, 0.1) is 0 Å². The van der Waals surface area contributed by atoms with Gasteiger partial charge in [-0.3, -0.25) is 4.90 Å². The Morgan fingerprint density at radius 3 is 1.87 bits per heavy atom. The molecule has 0 aromatic heterocycles. The lowest BCUT2D eigenvalue weighted by atomic mass is 9.92. The van der Waals surface area contributed by atoms with Gasteiger partial charge in [0.1, 0.15) is 0 Å². The molecule has 0 bridgehead atoms. The van der Waals surface area contributed by atoms with Crippen LogP contribution in [0.25, 0.3) is 11.1 Å². The van der Waals surface area contributed by atoms with Crippen LogP contribution >= 0.6 is 0 Å². The largest absolute Gasteiger partial charge is 0.304 e. The van der Waals surface area contributed by atoms with Crippen molar-refractivity contribution < 1.29 is 0 Å². The average Bonchev–Trinajstić information content (AvgIpc) is 2.58. The number of likely N-dealkylation sites (N-methyl/N-ethyl adjacent to an activating group) is 1. The average molecular weight is 308 g/mol. The van der Waals surface area contributed by atoms with Crippen LogP contribution in [0.3, 0.4) is 0 Å². The Hall–Kier alpha value is -1.64. The molecule has 1 atom stereocenters. The van der Waals surface area contributed by atoms with Crippen molar-refractivity contribution in [3.8, 4) is 11.1 Å². The fourth-order valence-corrected chi connectivity index (χ4v) is 3.62. The first-order valence-corrected chi connectivity index (χ1v) is 8.73. The highest BCUT2D eigenvalue weighted by Crippen LogP contribution is 2.31. The Kier molecular flexibility index (Phi) is 5.14. The highest BCUT2D eigenvalue weighted by Gasteiger charge is 2.26. The lowest BCUT2D eigenvalue weighted by molar-refractivity contribution is 0.0882. The van der Waals surface area contributed by atoms with Crippen LogP contribution in [0.15, 0.2) is 54.6 Å². The van der Waals surface area contributed by atoms with Crippen LogP contribution in [0.1, 0.15) is 25.5 Å². The third kappa shape index (κ3) is 3.82. The van der Waals surface area contributed by atoms with Crippen molar-refractivity contribution in [1.82, 2.24) is 9.80 Å². The predicted molar refractivity (Wildman–Crippen MR) is 98.5 cm³/mol. The minimum Gasteiger partial charge on any atom is -0.304 e. The Morgan fingerprint density at radius 1 is 0.739 bits per heavy atom. The quantitative estimate of drug-likeness (QED) is 0.831. The topological polar surface area (TPSA) is 6.48 Å². The van der Waals surface area contributed by atoms with Gasteiger partial charge < -0.3 is 4.90 Å². The first-order chi connectivity index (χ1) is 11.1. The zero-order chi connectivity index (χ0) is 16.2. The van der Waals surface area contributed by atoms with Crippen molar-refractivity contribution in [2.75, 3.05) is 33.2 Å². The van der Waals surface area contributed by atoms with E-state index in [0.717, 1.165) is 0 Å². The van der Waals surface area contributed by atoms with Crippen LogP contribution in [0.5, 0.6) is 0 Å². The summed E-state index contributed by atoms with van der Waals surface area (Å²) < 4.78 is 0. The summed E-state index contributed by atoms with van der Waals surface area (Å²) >= 11 is 0. The van der Waals surface area contributed by atoms with E-state index in [4.69, 9.17) is 0 Å². The first-order valence-electron chi connectivity index (χ1n) is 8.73. The molecular weight excluding hydrogens is 280 g/mol. The van der Waals surface area contributed by atoms with E-state index >= 15 is 0 Å². The highest BCUT2D eigenvalue weighted by atomic mass is 15.3. The summed E-state index contributed by atoms with van der Waals surface area (Å²) in [4.78, 5) is 5.08. The zero-order valence-electron chi connectivity index (χ0n) is 14.6. The number of benzene rings is 2. The van der Waals surface area contributed by atoms with Crippen molar-refractivity contribution in [1.29, 1.82) is 0 Å². The summed E-state index contributed by atoms with van der Waals surface area (Å²) in [6.07, 6.45) is 0. The lowest BCUT2D eigenvalue weighted by Crippen LogP contribution is -2.47. The van der Waals surface area contributed by atoms with Gasteiger partial charge in [-0.2, -0.15) is 0 Å². The predicted octanol–water partition coefficient (Wildman–Crippen LogP) is 4.30. The van der Waals surface area contributed by atoms with Crippen LogP contribution in [-0.4, -0.2) is 43.0 Å². The molecule has 1 aliphatic heterocycles. The van der Waals surface area contributed by atoms with Crippen molar-refractivity contribution in [2.45, 2.75) is 19.9 Å². The molecule has 3 rings (SSSR count). The number of nitrogens with zero attached hydrogens (tertiary/aromatic N) is 2. The Labute approximate surface area is 140 Å². The molecule has 0 amide bonds. The molecule has 0 radical (unpaired) electrons. The second kappa shape index (κ2) is 7.29. The van der Waals surface area contributed by atoms with Crippen LogP contribution in [-0.2, 0) is 0 Å². The molecule has 1 fully saturated rings. The van der Waals surface area contributed by atoms with Gasteiger partial charge in [-0.25, -0.2) is 0 Å². The van der Waals surface area contributed by atoms with Gasteiger partial charge in [0.2, 0.25) is 0 Å². The maximum Gasteiger partial charge on any atom is 0.0372 e. The molecule has 2 aromatic carbocycles. The minimum atomic E-state index is 0.522. The van der Waals surface area contributed by atoms with E-state index in [1.165, 1.54) is 42.9 Å². The van der Waals surface area contributed by atoms with E-state index < -0.39 is 0 Å². The molecule has 0 aliphatic carbocycles. The van der Waals surface area contributed by atoms with Gasteiger partial charge in [-0.15, -0.1) is 0 Å². The van der Waals surface area contributed by atoms with E-state index in [0.29, 0.717) is 12.0 Å². The van der Waals surface area contributed by atoms with E-state index in [1.807, 2.05) is 0 Å². The molecule has 0 N–H and O–H groups in total. The number of hydrogen-bond donors (Lipinski definition) is 0. The minimum absolute atomic E-state index is 0.522. The van der Waals surface area contributed by atoms with Crippen molar-refractivity contribution in [2.24, 2.45) is 5.92 Å². The van der Waals surface area contributed by atoms with Crippen molar-refractivity contribution >= 4 is 0 Å². The lowest BCUT2D eigenvalue weighted by Gasteiger charge is -2.40. The van der Waals surface area contributed by atoms with Crippen molar-refractivity contribution in [3.05, 3.63) is 60.2 Å². The maximum atomic E-state index is 2.65. The monoisotopic (exact) mass is 308 g/mol. The molecule has 2 aromatic rings. The molecule has 23 heavy (non-hydrogen) atoms. The number of rotatable bonds is 4. The second-order valence-electron chi connectivity index (χ2n) is 7.02. The fraction of sp³-hybridized carbons (Fsp3) is 0.429. The third-order valence-electron chi connectivity index (χ3n) is 4.92. The Morgan fingerprint density at radius 2 is 1.30 bits per heavy atom. The summed E-state index contributed by atoms with van der Waals surface area (Å²) in [7, 11) is 2.22. The third-order valence-corrected chi connectivity index (χ3v) is 4.92. The molecule has 122 valence electrons. The van der Waals surface area contributed by atoms with Gasteiger partial charge in [0, 0.05) is 32.2 Å². The van der Waals surface area contributed by atoms with Crippen molar-refractivity contribution in [3.63, 3.8) is 0 Å². The van der Waals surface area contributed by atoms with Crippen LogP contribution in [0.4, 0.5) is 0 Å². The normalized spacial score (nSPS) is 18.3. The Balaban J connectivity index is 1.80. The molecule has 2 nitrogen and oxygen atoms in total. The summed E-state index contributed by atoms with van der Waals surface area (Å²) in [5.74, 6) is 0.626. The van der Waals surface area contributed by atoms with E-state index in [-0.39, 0.29) is 0 Å². The summed E-state index contributed by atoms with van der Waals surface area (Å²) in [5, 5.41) is 0. The van der Waals surface area contributed by atoms with Gasteiger partial charge in [-0.05, 0) is 29.7 Å². The summed E-state index contributed by atoms with van der Waals surface area (Å²) in [6.45, 7) is 9.36. The van der Waals surface area contributed by atoms with Gasteiger partial charge in [0.25, 0.3) is 0 Å². The summed E-state index contributed by atoms with van der Waals surface area (Å²) in [6, 6.07) is 20.3. The zero-order valence-corrected chi connectivity index (χ0v) is 14.6. The smallest absolute Gasteiger partial charge is 0.0372 e. The van der Waals surface area contributed by atoms with Gasteiger partial charge in [0.15, 0.2) is 0 Å². The molecule has 1 unspecified atom stereocenters. The Bertz CT molecular complexity index is 595. The first kappa shape index (κ1) is 16.2. The molecule has 0 spiro atoms. The molecular formula is C21H28N2. The van der Waals surface area contributed by atoms with Gasteiger partial charge in [-0.1, -0.05) is 68.4 Å². The highest BCUT2D eigenvalue weighted by molar-refractivity contribution is 5.63.